The van der Waals surface area contributed by atoms with Gasteiger partial charge in [-0.15, -0.1) is 0 Å². The number of nitrogens with one attached hydrogen (secondary N) is 1. The SMILES string of the molecule is Cc1ccc(C(=O)C(C)OC(=O)c2ccc(NCC(O)CO)cc2)cc1. The third-order valence-corrected chi connectivity index (χ3v) is 3.86. The lowest BCUT2D eigenvalue weighted by molar-refractivity contribution is 0.0319. The van der Waals surface area contributed by atoms with Crippen molar-refractivity contribution in [1.82, 2.24) is 0 Å². The number of carbonyl (C=O) groups excluding carboxylic acids is 2. The quantitative estimate of drug-likeness (QED) is 0.495. The molecule has 0 aliphatic carbocycles. The Labute approximate surface area is 152 Å². The fourth-order valence-electron chi connectivity index (χ4n) is 2.26. The summed E-state index contributed by atoms with van der Waals surface area (Å²) in [6, 6.07) is 13.5. The Balaban J connectivity index is 1.94. The molecule has 0 bridgehead atoms. The van der Waals surface area contributed by atoms with E-state index in [1.165, 1.54) is 0 Å². The van der Waals surface area contributed by atoms with E-state index in [9.17, 15) is 14.7 Å². The molecule has 2 rings (SSSR count). The van der Waals surface area contributed by atoms with E-state index in [-0.39, 0.29) is 18.9 Å². The van der Waals surface area contributed by atoms with Crippen LogP contribution in [0.4, 0.5) is 5.69 Å². The molecule has 2 aromatic rings. The van der Waals surface area contributed by atoms with Gasteiger partial charge in [0.15, 0.2) is 6.10 Å². The lowest BCUT2D eigenvalue weighted by atomic mass is 10.1. The lowest BCUT2D eigenvalue weighted by Crippen LogP contribution is -2.24. The third-order valence-electron chi connectivity index (χ3n) is 3.86. The van der Waals surface area contributed by atoms with Crippen molar-refractivity contribution in [2.45, 2.75) is 26.1 Å². The Bertz CT molecular complexity index is 740. The number of ether oxygens (including phenoxy) is 1. The lowest BCUT2D eigenvalue weighted by Gasteiger charge is -2.13. The molecular weight excluding hydrogens is 334 g/mol. The first-order chi connectivity index (χ1) is 12.4. The average molecular weight is 357 g/mol. The molecule has 6 nitrogen and oxygen atoms in total. The largest absolute Gasteiger partial charge is 0.451 e. The first-order valence-electron chi connectivity index (χ1n) is 8.35. The van der Waals surface area contributed by atoms with Gasteiger partial charge in [-0.25, -0.2) is 4.79 Å². The van der Waals surface area contributed by atoms with Crippen molar-refractivity contribution in [2.75, 3.05) is 18.5 Å². The molecule has 0 radical (unpaired) electrons. The number of aliphatic hydroxyl groups is 2. The van der Waals surface area contributed by atoms with Crippen LogP contribution in [0, 0.1) is 6.92 Å². The Kier molecular flexibility index (Phi) is 6.89. The Morgan fingerprint density at radius 2 is 1.62 bits per heavy atom. The van der Waals surface area contributed by atoms with Gasteiger partial charge in [0.05, 0.1) is 18.3 Å². The van der Waals surface area contributed by atoms with E-state index in [1.807, 2.05) is 19.1 Å². The van der Waals surface area contributed by atoms with Crippen LogP contribution in [0.1, 0.15) is 33.2 Å². The summed E-state index contributed by atoms with van der Waals surface area (Å²) in [5.41, 5.74) is 2.56. The number of rotatable bonds is 8. The van der Waals surface area contributed by atoms with Crippen molar-refractivity contribution >= 4 is 17.4 Å². The number of aryl methyl sites for hydroxylation is 1. The minimum atomic E-state index is -0.886. The summed E-state index contributed by atoms with van der Waals surface area (Å²) >= 11 is 0. The van der Waals surface area contributed by atoms with Crippen LogP contribution < -0.4 is 5.32 Å². The zero-order chi connectivity index (χ0) is 19.1. The van der Waals surface area contributed by atoms with Crippen LogP contribution in [0.25, 0.3) is 0 Å². The predicted molar refractivity (Wildman–Crippen MR) is 98.4 cm³/mol. The maximum atomic E-state index is 12.3. The van der Waals surface area contributed by atoms with Gasteiger partial charge in [0.1, 0.15) is 0 Å². The molecule has 0 heterocycles. The van der Waals surface area contributed by atoms with Gasteiger partial charge in [0, 0.05) is 17.8 Å². The van der Waals surface area contributed by atoms with Gasteiger partial charge in [-0.3, -0.25) is 4.79 Å². The van der Waals surface area contributed by atoms with Gasteiger partial charge < -0.3 is 20.3 Å². The predicted octanol–water partition coefficient (Wildman–Crippen LogP) is 2.19. The summed E-state index contributed by atoms with van der Waals surface area (Å²) in [7, 11) is 0. The van der Waals surface area contributed by atoms with Gasteiger partial charge in [0.25, 0.3) is 0 Å². The number of aliphatic hydroxyl groups excluding tert-OH is 2. The Hall–Kier alpha value is -2.70. The maximum absolute atomic E-state index is 12.3. The summed E-state index contributed by atoms with van der Waals surface area (Å²) in [4.78, 5) is 24.5. The molecule has 3 N–H and O–H groups in total. The van der Waals surface area contributed by atoms with E-state index in [1.54, 1.807) is 43.3 Å². The number of ketones is 1. The number of anilines is 1. The Morgan fingerprint density at radius 1 is 1.04 bits per heavy atom. The number of benzene rings is 2. The van der Waals surface area contributed by atoms with Gasteiger partial charge in [0.2, 0.25) is 5.78 Å². The summed E-state index contributed by atoms with van der Waals surface area (Å²) in [6.45, 7) is 3.35. The first-order valence-corrected chi connectivity index (χ1v) is 8.35. The van der Waals surface area contributed by atoms with Crippen LogP contribution in [0.3, 0.4) is 0 Å². The molecule has 0 aliphatic rings. The fraction of sp³-hybridized carbons (Fsp3) is 0.300. The Morgan fingerprint density at radius 3 is 2.19 bits per heavy atom. The summed E-state index contributed by atoms with van der Waals surface area (Å²) in [5.74, 6) is -0.838. The third kappa shape index (κ3) is 5.40. The van der Waals surface area contributed by atoms with Crippen molar-refractivity contribution in [1.29, 1.82) is 0 Å². The fourth-order valence-corrected chi connectivity index (χ4v) is 2.26. The molecular formula is C20H23NO5. The van der Waals surface area contributed by atoms with Gasteiger partial charge in [-0.05, 0) is 38.1 Å². The normalized spacial score (nSPS) is 12.9. The van der Waals surface area contributed by atoms with E-state index >= 15 is 0 Å². The van der Waals surface area contributed by atoms with Crippen LogP contribution in [0.2, 0.25) is 0 Å². The number of hydrogen-bond acceptors (Lipinski definition) is 6. The second kappa shape index (κ2) is 9.12. The summed E-state index contributed by atoms with van der Waals surface area (Å²) in [6.07, 6.45) is -1.74. The highest BCUT2D eigenvalue weighted by atomic mass is 16.5. The van der Waals surface area contributed by atoms with E-state index in [0.29, 0.717) is 16.8 Å². The number of carbonyl (C=O) groups is 2. The zero-order valence-corrected chi connectivity index (χ0v) is 14.8. The van der Waals surface area contributed by atoms with Crippen molar-refractivity contribution in [2.24, 2.45) is 0 Å². The minimum Gasteiger partial charge on any atom is -0.451 e. The smallest absolute Gasteiger partial charge is 0.338 e. The molecule has 0 amide bonds. The molecule has 26 heavy (non-hydrogen) atoms. The molecule has 6 heteroatoms. The van der Waals surface area contributed by atoms with Gasteiger partial charge in [-0.1, -0.05) is 29.8 Å². The molecule has 2 unspecified atom stereocenters. The molecule has 2 aromatic carbocycles. The zero-order valence-electron chi connectivity index (χ0n) is 14.8. The van der Waals surface area contributed by atoms with Crippen molar-refractivity contribution in [3.8, 4) is 0 Å². The minimum absolute atomic E-state index is 0.197. The molecule has 0 fully saturated rings. The second-order valence-electron chi connectivity index (χ2n) is 6.07. The summed E-state index contributed by atoms with van der Waals surface area (Å²) in [5, 5.41) is 21.0. The molecule has 0 saturated heterocycles. The topological polar surface area (TPSA) is 95.9 Å². The van der Waals surface area contributed by atoms with Crippen LogP contribution >= 0.6 is 0 Å². The highest BCUT2D eigenvalue weighted by molar-refractivity contribution is 6.01. The van der Waals surface area contributed by atoms with E-state index in [4.69, 9.17) is 9.84 Å². The van der Waals surface area contributed by atoms with E-state index in [2.05, 4.69) is 5.32 Å². The molecule has 138 valence electrons. The highest BCUT2D eigenvalue weighted by Crippen LogP contribution is 2.13. The van der Waals surface area contributed by atoms with Crippen LogP contribution in [0.15, 0.2) is 48.5 Å². The van der Waals surface area contributed by atoms with Gasteiger partial charge in [-0.2, -0.15) is 0 Å². The van der Waals surface area contributed by atoms with Crippen LogP contribution in [-0.2, 0) is 4.74 Å². The van der Waals surface area contributed by atoms with Gasteiger partial charge >= 0.3 is 5.97 Å². The van der Waals surface area contributed by atoms with Crippen molar-refractivity contribution < 1.29 is 24.5 Å². The molecule has 0 aromatic heterocycles. The number of Topliss-reactive ketones (excluding diaryl/α,β-unsaturated/α-hetero) is 1. The second-order valence-corrected chi connectivity index (χ2v) is 6.07. The molecule has 0 aliphatic heterocycles. The monoisotopic (exact) mass is 357 g/mol. The number of hydrogen-bond donors (Lipinski definition) is 3. The van der Waals surface area contributed by atoms with E-state index < -0.39 is 18.2 Å². The average Bonchev–Trinajstić information content (AvgIpc) is 2.66. The molecule has 0 saturated carbocycles. The van der Waals surface area contributed by atoms with Crippen molar-refractivity contribution in [3.63, 3.8) is 0 Å². The number of esters is 1. The summed E-state index contributed by atoms with van der Waals surface area (Å²) < 4.78 is 5.26. The van der Waals surface area contributed by atoms with Crippen molar-refractivity contribution in [3.05, 3.63) is 65.2 Å². The molecule has 2 atom stereocenters. The van der Waals surface area contributed by atoms with Crippen LogP contribution in [0.5, 0.6) is 0 Å². The highest BCUT2D eigenvalue weighted by Gasteiger charge is 2.20. The molecule has 0 spiro atoms. The standard InChI is InChI=1S/C20H23NO5/c1-13-3-5-15(6-4-13)19(24)14(2)26-20(25)16-7-9-17(10-8-16)21-11-18(23)12-22/h3-10,14,18,21-23H,11-12H2,1-2H3. The first kappa shape index (κ1) is 19.6. The maximum Gasteiger partial charge on any atom is 0.338 e. The van der Waals surface area contributed by atoms with E-state index in [0.717, 1.165) is 5.56 Å². The van der Waals surface area contributed by atoms with Crippen LogP contribution in [-0.4, -0.2) is 47.3 Å².